The molecule has 0 amide bonds. The van der Waals surface area contributed by atoms with E-state index in [-0.39, 0.29) is 5.15 Å². The van der Waals surface area contributed by atoms with Gasteiger partial charge in [-0.3, -0.25) is 0 Å². The van der Waals surface area contributed by atoms with Gasteiger partial charge in [0.1, 0.15) is 5.21 Å². The Morgan fingerprint density at radius 2 is 2.08 bits per heavy atom. The Morgan fingerprint density at radius 1 is 1.33 bits per heavy atom. The summed E-state index contributed by atoms with van der Waals surface area (Å²) in [6.45, 7) is 0. The quantitative estimate of drug-likeness (QED) is 0.449. The van der Waals surface area contributed by atoms with Crippen molar-refractivity contribution in [2.75, 3.05) is 0 Å². The second-order valence-corrected chi connectivity index (χ2v) is 2.63. The summed E-state index contributed by atoms with van der Waals surface area (Å²) in [6, 6.07) is 6.90. The number of rotatable bonds is 0. The predicted molar refractivity (Wildman–Crippen MR) is 43.5 cm³/mol. The van der Waals surface area contributed by atoms with Crippen molar-refractivity contribution in [3.63, 3.8) is 0 Å². The molecule has 0 radical (unpaired) electrons. The molecule has 0 atom stereocenters. The molecule has 4 nitrogen and oxygen atoms in total. The van der Waals surface area contributed by atoms with Crippen molar-refractivity contribution in [2.24, 2.45) is 0 Å². The molecule has 0 aliphatic carbocycles. The highest BCUT2D eigenvalue weighted by Gasteiger charge is 2.08. The summed E-state index contributed by atoms with van der Waals surface area (Å²) in [5.74, 6) is 0. The zero-order valence-corrected chi connectivity index (χ0v) is 6.69. The van der Waals surface area contributed by atoms with E-state index in [0.717, 1.165) is 0 Å². The maximum Gasteiger partial charge on any atom is 0.281 e. The van der Waals surface area contributed by atoms with E-state index in [4.69, 9.17) is 11.6 Å². The van der Waals surface area contributed by atoms with Crippen molar-refractivity contribution in [3.05, 3.63) is 34.6 Å². The van der Waals surface area contributed by atoms with E-state index in [2.05, 4.69) is 10.3 Å². The topological polar surface area (TPSA) is 52.7 Å². The van der Waals surface area contributed by atoms with Gasteiger partial charge in [-0.05, 0) is 23.7 Å². The Kier molecular flexibility index (Phi) is 1.55. The van der Waals surface area contributed by atoms with Gasteiger partial charge in [0, 0.05) is 0 Å². The Morgan fingerprint density at radius 3 is 2.83 bits per heavy atom. The van der Waals surface area contributed by atoms with Crippen molar-refractivity contribution >= 4 is 22.5 Å². The molecule has 0 fully saturated rings. The summed E-state index contributed by atoms with van der Waals surface area (Å²) >= 11 is 5.70. The summed E-state index contributed by atoms with van der Waals surface area (Å²) in [6.07, 6.45) is 0. The maximum atomic E-state index is 11.0. The van der Waals surface area contributed by atoms with Gasteiger partial charge in [-0.2, -0.15) is 0 Å². The van der Waals surface area contributed by atoms with E-state index in [0.29, 0.717) is 15.7 Å². The van der Waals surface area contributed by atoms with Crippen LogP contribution in [0.3, 0.4) is 0 Å². The van der Waals surface area contributed by atoms with Gasteiger partial charge in [0.05, 0.1) is 10.5 Å². The van der Waals surface area contributed by atoms with Crippen LogP contribution in [0.25, 0.3) is 10.9 Å². The standard InChI is InChI=1S/C7H4ClN3O/c8-7-5-3-1-2-4-6(5)11(12)10-9-7/h1-4H. The first-order chi connectivity index (χ1) is 5.79. The van der Waals surface area contributed by atoms with Crippen molar-refractivity contribution in [2.45, 2.75) is 0 Å². The summed E-state index contributed by atoms with van der Waals surface area (Å²) in [5.41, 5.74) is 0.428. The summed E-state index contributed by atoms with van der Waals surface area (Å²) in [4.78, 5) is 0.446. The van der Waals surface area contributed by atoms with Gasteiger partial charge in [-0.15, -0.1) is 4.85 Å². The van der Waals surface area contributed by atoms with E-state index in [9.17, 15) is 5.21 Å². The average molecular weight is 182 g/mol. The molecule has 5 heteroatoms. The van der Waals surface area contributed by atoms with Crippen LogP contribution in [0.15, 0.2) is 24.3 Å². The first-order valence-corrected chi connectivity index (χ1v) is 3.67. The molecule has 0 N–H and O–H groups in total. The molecule has 60 valence electrons. The van der Waals surface area contributed by atoms with E-state index in [1.165, 1.54) is 0 Å². The van der Waals surface area contributed by atoms with Gasteiger partial charge < -0.3 is 5.21 Å². The number of halogens is 1. The molecule has 0 unspecified atom stereocenters. The molecule has 1 aromatic carbocycles. The van der Waals surface area contributed by atoms with Crippen LogP contribution in [0.5, 0.6) is 0 Å². The lowest BCUT2D eigenvalue weighted by Crippen LogP contribution is -2.32. The van der Waals surface area contributed by atoms with E-state index in [1.54, 1.807) is 24.3 Å². The van der Waals surface area contributed by atoms with Crippen LogP contribution >= 0.6 is 11.6 Å². The SMILES string of the molecule is [O-][n+]1nnc(Cl)c2ccccc21. The minimum atomic E-state index is 0.248. The molecular formula is C7H4ClN3O. The van der Waals surface area contributed by atoms with Crippen molar-refractivity contribution in [1.82, 2.24) is 10.3 Å². The van der Waals surface area contributed by atoms with Crippen molar-refractivity contribution in [3.8, 4) is 0 Å². The number of benzene rings is 1. The summed E-state index contributed by atoms with van der Waals surface area (Å²) in [5, 5.41) is 18.6. The fraction of sp³-hybridized carbons (Fsp3) is 0. The molecule has 0 saturated heterocycles. The lowest BCUT2D eigenvalue weighted by molar-refractivity contribution is -0.648. The average Bonchev–Trinajstić information content (AvgIpc) is 2.12. The smallest absolute Gasteiger partial charge is 0.281 e. The third-order valence-electron chi connectivity index (χ3n) is 1.55. The van der Waals surface area contributed by atoms with Crippen LogP contribution in [-0.4, -0.2) is 10.3 Å². The largest absolute Gasteiger partial charge is 0.691 e. The first-order valence-electron chi connectivity index (χ1n) is 3.30. The number of hydrogen-bond donors (Lipinski definition) is 0. The van der Waals surface area contributed by atoms with Gasteiger partial charge in [0.2, 0.25) is 0 Å². The lowest BCUT2D eigenvalue weighted by Gasteiger charge is -1.99. The Balaban J connectivity index is 2.95. The zero-order valence-electron chi connectivity index (χ0n) is 5.94. The van der Waals surface area contributed by atoms with Gasteiger partial charge in [0.25, 0.3) is 5.15 Å². The molecule has 0 bridgehead atoms. The Hall–Kier alpha value is -1.42. The van der Waals surface area contributed by atoms with Crippen molar-refractivity contribution < 1.29 is 4.85 Å². The highest BCUT2D eigenvalue weighted by atomic mass is 35.5. The highest BCUT2D eigenvalue weighted by molar-refractivity contribution is 6.33. The Labute approximate surface area is 73.0 Å². The number of aromatic nitrogens is 3. The maximum absolute atomic E-state index is 11.0. The monoisotopic (exact) mass is 181 g/mol. The highest BCUT2D eigenvalue weighted by Crippen LogP contribution is 2.15. The normalized spacial score (nSPS) is 10.4. The number of hydrogen-bond acceptors (Lipinski definition) is 3. The number of fused-ring (bicyclic) bond motifs is 1. The molecular weight excluding hydrogens is 178 g/mol. The second-order valence-electron chi connectivity index (χ2n) is 2.27. The molecule has 12 heavy (non-hydrogen) atoms. The fourth-order valence-electron chi connectivity index (χ4n) is 0.997. The third-order valence-corrected chi connectivity index (χ3v) is 1.83. The summed E-state index contributed by atoms with van der Waals surface area (Å²) < 4.78 is 0. The molecule has 1 aromatic heterocycles. The molecule has 0 aliphatic rings. The van der Waals surface area contributed by atoms with Crippen LogP contribution < -0.4 is 4.85 Å². The first kappa shape index (κ1) is 7.24. The fourth-order valence-corrected chi connectivity index (χ4v) is 1.19. The predicted octanol–water partition coefficient (Wildman–Crippen LogP) is 0.917. The molecule has 0 aliphatic heterocycles. The molecule has 0 spiro atoms. The molecule has 1 heterocycles. The van der Waals surface area contributed by atoms with Crippen LogP contribution in [0, 0.1) is 5.21 Å². The van der Waals surface area contributed by atoms with Gasteiger partial charge in [0.15, 0.2) is 5.52 Å². The number of nitrogens with zero attached hydrogens (tertiary/aromatic N) is 3. The van der Waals surface area contributed by atoms with E-state index >= 15 is 0 Å². The van der Waals surface area contributed by atoms with Crippen LogP contribution in [-0.2, 0) is 0 Å². The second kappa shape index (κ2) is 2.57. The number of para-hydroxylation sites is 1. The van der Waals surface area contributed by atoms with Crippen LogP contribution in [0.2, 0.25) is 5.15 Å². The Bertz CT molecular complexity index is 391. The minimum absolute atomic E-state index is 0.248. The lowest BCUT2D eigenvalue weighted by atomic mass is 10.2. The molecule has 2 aromatic rings. The van der Waals surface area contributed by atoms with Crippen LogP contribution in [0.1, 0.15) is 0 Å². The minimum Gasteiger partial charge on any atom is -0.691 e. The van der Waals surface area contributed by atoms with Gasteiger partial charge >= 0.3 is 0 Å². The van der Waals surface area contributed by atoms with Gasteiger partial charge in [-0.1, -0.05) is 12.1 Å². The van der Waals surface area contributed by atoms with E-state index < -0.39 is 0 Å². The zero-order chi connectivity index (χ0) is 8.55. The van der Waals surface area contributed by atoms with E-state index in [1.807, 2.05) is 0 Å². The van der Waals surface area contributed by atoms with Crippen LogP contribution in [0.4, 0.5) is 0 Å². The molecule has 2 rings (SSSR count). The third kappa shape index (κ3) is 0.967. The van der Waals surface area contributed by atoms with Gasteiger partial charge in [-0.25, -0.2) is 0 Å². The summed E-state index contributed by atoms with van der Waals surface area (Å²) in [7, 11) is 0. The molecule has 0 saturated carbocycles. The van der Waals surface area contributed by atoms with Crippen molar-refractivity contribution in [1.29, 1.82) is 0 Å².